The molecule has 8 heteroatoms. The van der Waals surface area contributed by atoms with Crippen LogP contribution in [-0.4, -0.2) is 46.7 Å². The second kappa shape index (κ2) is 5.00. The molecule has 0 amide bonds. The fourth-order valence-electron chi connectivity index (χ4n) is 1.75. The summed E-state index contributed by atoms with van der Waals surface area (Å²) in [7, 11) is 0. The molecule has 1 fully saturated rings. The van der Waals surface area contributed by atoms with Gasteiger partial charge in [-0.15, -0.1) is 0 Å². The number of carboxylic acid groups (broad SMARTS) is 1. The zero-order valence-electron chi connectivity index (χ0n) is 8.81. The molecule has 92 valence electrons. The van der Waals surface area contributed by atoms with Crippen molar-refractivity contribution in [1.82, 2.24) is 15.3 Å². The standard InChI is InChI=1S/C9H11IN4O3/c10-6-7(12-4-13-8(6)15)14-2-1-11-3-5(14)9(16)17/h4-5,11H,1-3H2,(H,16,17)(H,12,13,15). The summed E-state index contributed by atoms with van der Waals surface area (Å²) >= 11 is 1.88. The van der Waals surface area contributed by atoms with Gasteiger partial charge in [-0.3, -0.25) is 4.79 Å². The third-order valence-electron chi connectivity index (χ3n) is 2.58. The third-order valence-corrected chi connectivity index (χ3v) is 3.55. The lowest BCUT2D eigenvalue weighted by molar-refractivity contribution is -0.138. The van der Waals surface area contributed by atoms with Gasteiger partial charge >= 0.3 is 5.97 Å². The van der Waals surface area contributed by atoms with Crippen LogP contribution in [0.1, 0.15) is 0 Å². The highest BCUT2D eigenvalue weighted by atomic mass is 127. The maximum Gasteiger partial charge on any atom is 0.327 e. The van der Waals surface area contributed by atoms with E-state index in [-0.39, 0.29) is 5.56 Å². The Hall–Kier alpha value is -1.16. The van der Waals surface area contributed by atoms with Crippen LogP contribution in [-0.2, 0) is 4.79 Å². The van der Waals surface area contributed by atoms with E-state index >= 15 is 0 Å². The molecule has 1 atom stereocenters. The number of piperazine rings is 1. The number of carboxylic acids is 1. The van der Waals surface area contributed by atoms with Gasteiger partial charge in [0.1, 0.15) is 15.4 Å². The predicted molar refractivity (Wildman–Crippen MR) is 69.2 cm³/mol. The number of nitrogens with zero attached hydrogens (tertiary/aromatic N) is 2. The highest BCUT2D eigenvalue weighted by molar-refractivity contribution is 14.1. The Labute approximate surface area is 110 Å². The Morgan fingerprint density at radius 3 is 3.12 bits per heavy atom. The fraction of sp³-hybridized carbons (Fsp3) is 0.444. The average Bonchev–Trinajstić information content (AvgIpc) is 2.33. The number of hydrogen-bond donors (Lipinski definition) is 3. The van der Waals surface area contributed by atoms with Crippen molar-refractivity contribution in [1.29, 1.82) is 0 Å². The van der Waals surface area contributed by atoms with Crippen LogP contribution in [0.2, 0.25) is 0 Å². The molecule has 1 unspecified atom stereocenters. The van der Waals surface area contributed by atoms with Crippen molar-refractivity contribution < 1.29 is 9.90 Å². The lowest BCUT2D eigenvalue weighted by Gasteiger charge is -2.34. The Balaban J connectivity index is 2.39. The van der Waals surface area contributed by atoms with Crippen molar-refractivity contribution in [3.63, 3.8) is 0 Å². The van der Waals surface area contributed by atoms with Gasteiger partial charge in [0.25, 0.3) is 5.56 Å². The van der Waals surface area contributed by atoms with Gasteiger partial charge in [-0.1, -0.05) is 0 Å². The highest BCUT2D eigenvalue weighted by Crippen LogP contribution is 2.19. The molecule has 0 radical (unpaired) electrons. The van der Waals surface area contributed by atoms with E-state index in [1.54, 1.807) is 4.90 Å². The second-order valence-corrected chi connectivity index (χ2v) is 4.70. The normalized spacial score (nSPS) is 20.3. The number of halogens is 1. The van der Waals surface area contributed by atoms with E-state index in [0.29, 0.717) is 29.0 Å². The summed E-state index contributed by atoms with van der Waals surface area (Å²) in [5, 5.41) is 12.1. The van der Waals surface area contributed by atoms with Crippen LogP contribution in [0.4, 0.5) is 5.82 Å². The molecule has 2 rings (SSSR count). The SMILES string of the molecule is O=C(O)C1CNCCN1c1nc[nH]c(=O)c1I. The number of nitrogens with one attached hydrogen (secondary N) is 2. The maximum absolute atomic E-state index is 11.5. The molecule has 1 aromatic rings. The van der Waals surface area contributed by atoms with Crippen molar-refractivity contribution in [3.05, 3.63) is 20.3 Å². The maximum atomic E-state index is 11.5. The molecule has 17 heavy (non-hydrogen) atoms. The van der Waals surface area contributed by atoms with Crippen molar-refractivity contribution in [2.45, 2.75) is 6.04 Å². The van der Waals surface area contributed by atoms with Crippen molar-refractivity contribution in [3.8, 4) is 0 Å². The van der Waals surface area contributed by atoms with Crippen LogP contribution < -0.4 is 15.8 Å². The summed E-state index contributed by atoms with van der Waals surface area (Å²) in [6, 6.07) is -0.688. The van der Waals surface area contributed by atoms with Crippen LogP contribution in [0, 0.1) is 3.57 Å². The molecule has 0 saturated carbocycles. The van der Waals surface area contributed by atoms with E-state index in [2.05, 4.69) is 15.3 Å². The number of hydrogen-bond acceptors (Lipinski definition) is 5. The zero-order valence-corrected chi connectivity index (χ0v) is 11.0. The molecule has 0 aromatic carbocycles. The van der Waals surface area contributed by atoms with E-state index in [1.165, 1.54) is 6.33 Å². The summed E-state index contributed by atoms with van der Waals surface area (Å²) in [6.07, 6.45) is 1.29. The van der Waals surface area contributed by atoms with Crippen LogP contribution in [0.15, 0.2) is 11.1 Å². The number of rotatable bonds is 2. The highest BCUT2D eigenvalue weighted by Gasteiger charge is 2.30. The molecule has 0 aliphatic carbocycles. The number of aliphatic carboxylic acids is 1. The fourth-order valence-corrected chi connectivity index (χ4v) is 2.36. The minimum absolute atomic E-state index is 0.252. The first-order chi connectivity index (χ1) is 8.11. The van der Waals surface area contributed by atoms with Gasteiger partial charge in [-0.25, -0.2) is 9.78 Å². The number of aromatic amines is 1. The molecule has 1 aliphatic heterocycles. The van der Waals surface area contributed by atoms with Crippen molar-refractivity contribution in [2.75, 3.05) is 24.5 Å². The number of anilines is 1. The van der Waals surface area contributed by atoms with Gasteiger partial charge in [0.2, 0.25) is 0 Å². The third kappa shape index (κ3) is 2.41. The monoisotopic (exact) mass is 350 g/mol. The first-order valence-corrected chi connectivity index (χ1v) is 6.12. The lowest BCUT2D eigenvalue weighted by atomic mass is 10.2. The molecule has 3 N–H and O–H groups in total. The largest absolute Gasteiger partial charge is 0.480 e. The summed E-state index contributed by atoms with van der Waals surface area (Å²) in [5.74, 6) is -0.488. The number of carbonyl (C=O) groups is 1. The summed E-state index contributed by atoms with van der Waals surface area (Å²) in [5.41, 5.74) is -0.252. The van der Waals surface area contributed by atoms with E-state index < -0.39 is 12.0 Å². The zero-order chi connectivity index (χ0) is 12.4. The molecule has 0 spiro atoms. The van der Waals surface area contributed by atoms with Crippen LogP contribution in [0.25, 0.3) is 0 Å². The van der Waals surface area contributed by atoms with Crippen LogP contribution >= 0.6 is 22.6 Å². The molecule has 1 aliphatic rings. The molecular weight excluding hydrogens is 339 g/mol. The molecule has 1 saturated heterocycles. The smallest absolute Gasteiger partial charge is 0.327 e. The summed E-state index contributed by atoms with van der Waals surface area (Å²) in [4.78, 5) is 30.8. The molecular formula is C9H11IN4O3. The van der Waals surface area contributed by atoms with Crippen molar-refractivity contribution in [2.24, 2.45) is 0 Å². The predicted octanol–water partition coefficient (Wildman–Crippen LogP) is -0.763. The second-order valence-electron chi connectivity index (χ2n) is 3.62. The van der Waals surface area contributed by atoms with Crippen molar-refractivity contribution >= 4 is 34.4 Å². The Kier molecular flexibility index (Phi) is 3.62. The van der Waals surface area contributed by atoms with Crippen LogP contribution in [0.3, 0.4) is 0 Å². The van der Waals surface area contributed by atoms with E-state index in [1.807, 2.05) is 22.6 Å². The Bertz CT molecular complexity index is 489. The minimum Gasteiger partial charge on any atom is -0.480 e. The van der Waals surface area contributed by atoms with Crippen LogP contribution in [0.5, 0.6) is 0 Å². The Morgan fingerprint density at radius 1 is 1.65 bits per heavy atom. The minimum atomic E-state index is -0.921. The van der Waals surface area contributed by atoms with Gasteiger partial charge in [-0.05, 0) is 22.6 Å². The van der Waals surface area contributed by atoms with E-state index in [9.17, 15) is 9.59 Å². The van der Waals surface area contributed by atoms with Gasteiger partial charge in [0.05, 0.1) is 6.33 Å². The molecule has 1 aromatic heterocycles. The Morgan fingerprint density at radius 2 is 2.41 bits per heavy atom. The number of H-pyrrole nitrogens is 1. The van der Waals surface area contributed by atoms with Gasteiger partial charge in [-0.2, -0.15) is 0 Å². The molecule has 2 heterocycles. The topological polar surface area (TPSA) is 98.3 Å². The summed E-state index contributed by atoms with van der Waals surface area (Å²) in [6.45, 7) is 1.54. The first kappa shape index (κ1) is 12.3. The lowest BCUT2D eigenvalue weighted by Crippen LogP contribution is -2.55. The number of aromatic nitrogens is 2. The quantitative estimate of drug-likeness (QED) is 0.607. The first-order valence-electron chi connectivity index (χ1n) is 5.04. The average molecular weight is 350 g/mol. The van der Waals surface area contributed by atoms with Gasteiger partial charge in [0.15, 0.2) is 0 Å². The van der Waals surface area contributed by atoms with E-state index in [0.717, 1.165) is 0 Å². The van der Waals surface area contributed by atoms with Gasteiger partial charge in [0, 0.05) is 19.6 Å². The van der Waals surface area contributed by atoms with E-state index in [4.69, 9.17) is 5.11 Å². The molecule has 7 nitrogen and oxygen atoms in total. The molecule has 0 bridgehead atoms. The summed E-state index contributed by atoms with van der Waals surface area (Å²) < 4.78 is 0.415. The van der Waals surface area contributed by atoms with Gasteiger partial charge < -0.3 is 20.3 Å².